The molecule has 33 heavy (non-hydrogen) atoms. The molecule has 4 rings (SSSR count). The van der Waals surface area contributed by atoms with Crippen LogP contribution in [0.3, 0.4) is 0 Å². The van der Waals surface area contributed by atoms with Crippen LogP contribution in [0.2, 0.25) is 0 Å². The fourth-order valence-corrected chi connectivity index (χ4v) is 5.08. The minimum atomic E-state index is -0.465. The third-order valence-electron chi connectivity index (χ3n) is 7.15. The predicted molar refractivity (Wildman–Crippen MR) is 129 cm³/mol. The molecule has 0 spiro atoms. The number of hydrogen-bond donors (Lipinski definition) is 1. The zero-order valence-electron chi connectivity index (χ0n) is 19.9. The van der Waals surface area contributed by atoms with Crippen LogP contribution in [0, 0.1) is 5.92 Å². The molecule has 2 amide bonds. The first-order valence-corrected chi connectivity index (χ1v) is 12.0. The standard InChI is InChI=1S/C27H35N3O3/c1-19-13-17-30(18-14-19)16-6-15-28-26(31)24-22-7-4-5-8-23(22)27(32)29(2)25(24)20-9-11-21(33-3)12-10-20/h4-5,7-12,19,24-25H,6,13-18H2,1-3H3,(H,28,31). The van der Waals surface area contributed by atoms with Gasteiger partial charge in [0, 0.05) is 19.2 Å². The average Bonchev–Trinajstić information content (AvgIpc) is 2.85. The third-order valence-corrected chi connectivity index (χ3v) is 7.15. The number of fused-ring (bicyclic) bond motifs is 1. The maximum atomic E-state index is 13.5. The van der Waals surface area contributed by atoms with Crippen molar-refractivity contribution in [1.82, 2.24) is 15.1 Å². The maximum Gasteiger partial charge on any atom is 0.254 e. The van der Waals surface area contributed by atoms with Crippen LogP contribution < -0.4 is 10.1 Å². The van der Waals surface area contributed by atoms with E-state index in [9.17, 15) is 9.59 Å². The monoisotopic (exact) mass is 449 g/mol. The van der Waals surface area contributed by atoms with Gasteiger partial charge in [-0.25, -0.2) is 0 Å². The first kappa shape index (κ1) is 23.3. The van der Waals surface area contributed by atoms with Crippen molar-refractivity contribution < 1.29 is 14.3 Å². The van der Waals surface area contributed by atoms with Crippen LogP contribution in [0.15, 0.2) is 48.5 Å². The van der Waals surface area contributed by atoms with E-state index in [-0.39, 0.29) is 17.9 Å². The van der Waals surface area contributed by atoms with Crippen LogP contribution in [-0.2, 0) is 4.79 Å². The number of hydrogen-bond acceptors (Lipinski definition) is 4. The number of benzene rings is 2. The first-order valence-electron chi connectivity index (χ1n) is 12.0. The largest absolute Gasteiger partial charge is 0.497 e. The number of likely N-dealkylation sites (N-methyl/N-ethyl adjacent to an activating group) is 1. The SMILES string of the molecule is COc1ccc(C2C(C(=O)NCCCN3CCC(C)CC3)c3ccccc3C(=O)N2C)cc1. The van der Waals surface area contributed by atoms with E-state index < -0.39 is 5.92 Å². The summed E-state index contributed by atoms with van der Waals surface area (Å²) in [6.45, 7) is 6.26. The highest BCUT2D eigenvalue weighted by atomic mass is 16.5. The smallest absolute Gasteiger partial charge is 0.254 e. The number of ether oxygens (including phenoxy) is 1. The van der Waals surface area contributed by atoms with Gasteiger partial charge < -0.3 is 19.9 Å². The molecule has 2 heterocycles. The Labute approximate surface area is 196 Å². The molecule has 2 aliphatic heterocycles. The van der Waals surface area contributed by atoms with Gasteiger partial charge in [0.25, 0.3) is 5.91 Å². The van der Waals surface area contributed by atoms with Gasteiger partial charge in [0.05, 0.1) is 19.1 Å². The van der Waals surface area contributed by atoms with Crippen molar-refractivity contribution in [3.05, 3.63) is 65.2 Å². The zero-order chi connectivity index (χ0) is 23.4. The topological polar surface area (TPSA) is 61.9 Å². The molecular formula is C27H35N3O3. The Balaban J connectivity index is 1.50. The lowest BCUT2D eigenvalue weighted by molar-refractivity contribution is -0.124. The summed E-state index contributed by atoms with van der Waals surface area (Å²) in [6.07, 6.45) is 3.45. The summed E-state index contributed by atoms with van der Waals surface area (Å²) in [6, 6.07) is 14.8. The highest BCUT2D eigenvalue weighted by molar-refractivity contribution is 6.01. The maximum absolute atomic E-state index is 13.5. The predicted octanol–water partition coefficient (Wildman–Crippen LogP) is 3.84. The minimum absolute atomic E-state index is 0.0325. The molecule has 1 saturated heterocycles. The second-order valence-corrected chi connectivity index (χ2v) is 9.37. The molecule has 0 bridgehead atoms. The van der Waals surface area contributed by atoms with Crippen molar-refractivity contribution in [2.24, 2.45) is 5.92 Å². The fraction of sp³-hybridized carbons (Fsp3) is 0.481. The van der Waals surface area contributed by atoms with Crippen molar-refractivity contribution in [2.45, 2.75) is 38.1 Å². The van der Waals surface area contributed by atoms with E-state index in [4.69, 9.17) is 4.74 Å². The van der Waals surface area contributed by atoms with Crippen LogP contribution in [0.5, 0.6) is 5.75 Å². The second kappa shape index (κ2) is 10.4. The molecule has 1 fully saturated rings. The highest BCUT2D eigenvalue weighted by Crippen LogP contribution is 2.42. The number of methoxy groups -OCH3 is 1. The number of carbonyl (C=O) groups excluding carboxylic acids is 2. The Morgan fingerprint density at radius 1 is 1.09 bits per heavy atom. The Morgan fingerprint density at radius 3 is 2.48 bits per heavy atom. The number of carbonyl (C=O) groups is 2. The third kappa shape index (κ3) is 5.06. The van der Waals surface area contributed by atoms with E-state index in [0.29, 0.717) is 12.1 Å². The van der Waals surface area contributed by atoms with Crippen LogP contribution in [0.4, 0.5) is 0 Å². The van der Waals surface area contributed by atoms with Crippen LogP contribution in [0.1, 0.15) is 59.6 Å². The molecule has 6 heteroatoms. The molecule has 0 aromatic heterocycles. The van der Waals surface area contributed by atoms with Crippen LogP contribution >= 0.6 is 0 Å². The molecule has 1 N–H and O–H groups in total. The molecule has 2 atom stereocenters. The summed E-state index contributed by atoms with van der Waals surface area (Å²) in [5.41, 5.74) is 2.32. The molecule has 2 unspecified atom stereocenters. The highest BCUT2D eigenvalue weighted by Gasteiger charge is 2.42. The lowest BCUT2D eigenvalue weighted by Crippen LogP contribution is -2.46. The van der Waals surface area contributed by atoms with Gasteiger partial charge in [-0.2, -0.15) is 0 Å². The van der Waals surface area contributed by atoms with Crippen molar-refractivity contribution in [3.63, 3.8) is 0 Å². The zero-order valence-corrected chi connectivity index (χ0v) is 19.9. The minimum Gasteiger partial charge on any atom is -0.497 e. The van der Waals surface area contributed by atoms with Gasteiger partial charge in [-0.1, -0.05) is 37.3 Å². The molecule has 0 saturated carbocycles. The summed E-state index contributed by atoms with van der Waals surface area (Å²) < 4.78 is 5.29. The molecular weight excluding hydrogens is 414 g/mol. The van der Waals surface area contributed by atoms with Gasteiger partial charge in [-0.05, 0) is 74.1 Å². The van der Waals surface area contributed by atoms with E-state index in [2.05, 4.69) is 17.1 Å². The molecule has 0 aliphatic carbocycles. The van der Waals surface area contributed by atoms with Gasteiger partial charge >= 0.3 is 0 Å². The molecule has 6 nitrogen and oxygen atoms in total. The lowest BCUT2D eigenvalue weighted by atomic mass is 9.79. The van der Waals surface area contributed by atoms with Gasteiger partial charge in [-0.15, -0.1) is 0 Å². The Bertz CT molecular complexity index is 967. The molecule has 0 radical (unpaired) electrons. The number of nitrogens with one attached hydrogen (secondary N) is 1. The summed E-state index contributed by atoms with van der Waals surface area (Å²) in [4.78, 5) is 30.8. The number of likely N-dealkylation sites (tertiary alicyclic amines) is 1. The lowest BCUT2D eigenvalue weighted by Gasteiger charge is -2.39. The van der Waals surface area contributed by atoms with E-state index in [0.717, 1.165) is 48.8 Å². The quantitative estimate of drug-likeness (QED) is 0.653. The van der Waals surface area contributed by atoms with Crippen LogP contribution in [0.25, 0.3) is 0 Å². The van der Waals surface area contributed by atoms with Gasteiger partial charge in [0.2, 0.25) is 5.91 Å². The summed E-state index contributed by atoms with van der Waals surface area (Å²) in [5, 5.41) is 3.17. The van der Waals surface area contributed by atoms with Gasteiger partial charge in [-0.3, -0.25) is 9.59 Å². The number of amides is 2. The average molecular weight is 450 g/mol. The van der Waals surface area contributed by atoms with Crippen molar-refractivity contribution in [3.8, 4) is 5.75 Å². The molecule has 176 valence electrons. The van der Waals surface area contributed by atoms with Crippen LogP contribution in [-0.4, -0.2) is 62.0 Å². The normalized spacial score (nSPS) is 21.5. The Morgan fingerprint density at radius 2 is 1.79 bits per heavy atom. The van der Waals surface area contributed by atoms with Crippen molar-refractivity contribution in [1.29, 1.82) is 0 Å². The number of piperidine rings is 1. The molecule has 2 aromatic rings. The van der Waals surface area contributed by atoms with E-state index in [1.165, 1.54) is 12.8 Å². The fourth-order valence-electron chi connectivity index (χ4n) is 5.08. The number of rotatable bonds is 7. The van der Waals surface area contributed by atoms with E-state index in [1.807, 2.05) is 48.5 Å². The van der Waals surface area contributed by atoms with Gasteiger partial charge in [0.15, 0.2) is 0 Å². The molecule has 2 aliphatic rings. The Hall–Kier alpha value is -2.86. The van der Waals surface area contributed by atoms with Crippen molar-refractivity contribution in [2.75, 3.05) is 40.3 Å². The summed E-state index contributed by atoms with van der Waals surface area (Å²) in [7, 11) is 3.41. The summed E-state index contributed by atoms with van der Waals surface area (Å²) >= 11 is 0. The first-order chi connectivity index (χ1) is 16.0. The Kier molecular flexibility index (Phi) is 7.33. The van der Waals surface area contributed by atoms with Crippen molar-refractivity contribution >= 4 is 11.8 Å². The summed E-state index contributed by atoms with van der Waals surface area (Å²) in [5.74, 6) is 1.01. The number of nitrogens with zero attached hydrogens (tertiary/aromatic N) is 2. The molecule has 2 aromatic carbocycles. The second-order valence-electron chi connectivity index (χ2n) is 9.37. The van der Waals surface area contributed by atoms with Gasteiger partial charge in [0.1, 0.15) is 5.75 Å². The van der Waals surface area contributed by atoms with E-state index in [1.54, 1.807) is 19.1 Å². The van der Waals surface area contributed by atoms with E-state index >= 15 is 0 Å².